The fourth-order valence-corrected chi connectivity index (χ4v) is 6.97. The van der Waals surface area contributed by atoms with Gasteiger partial charge < -0.3 is 4.90 Å². The Morgan fingerprint density at radius 2 is 1.25 bits per heavy atom. The molecule has 0 amide bonds. The summed E-state index contributed by atoms with van der Waals surface area (Å²) in [7, 11) is 0. The summed E-state index contributed by atoms with van der Waals surface area (Å²) in [4.78, 5) is 7.29. The molecule has 3 aromatic heterocycles. The molecule has 0 fully saturated rings. The van der Waals surface area contributed by atoms with Crippen LogP contribution in [0.1, 0.15) is 36.4 Å². The van der Waals surface area contributed by atoms with Gasteiger partial charge >= 0.3 is 0 Å². The van der Waals surface area contributed by atoms with Crippen molar-refractivity contribution in [1.82, 2.24) is 19.3 Å². The van der Waals surface area contributed by atoms with Crippen LogP contribution >= 0.6 is 0 Å². The molecule has 0 N–H and O–H groups in total. The van der Waals surface area contributed by atoms with Crippen LogP contribution < -0.4 is 4.90 Å². The van der Waals surface area contributed by atoms with E-state index in [-0.39, 0.29) is 5.41 Å². The van der Waals surface area contributed by atoms with Crippen molar-refractivity contribution in [2.24, 2.45) is 0 Å². The van der Waals surface area contributed by atoms with Crippen molar-refractivity contribution >= 4 is 38.9 Å². The topological polar surface area (TPSA) is 38.9 Å². The van der Waals surface area contributed by atoms with Gasteiger partial charge in [-0.25, -0.2) is 9.67 Å². The first kappa shape index (κ1) is 29.5. The highest BCUT2D eigenvalue weighted by molar-refractivity contribution is 6.10. The molecular weight excluding hydrogens is 587 g/mol. The molecule has 234 valence electrons. The number of anilines is 3. The zero-order valence-electron chi connectivity index (χ0n) is 27.7. The first-order valence-electron chi connectivity index (χ1n) is 16.4. The number of hydrogen-bond donors (Lipinski definition) is 0. The third-order valence-electron chi connectivity index (χ3n) is 9.46. The third-order valence-corrected chi connectivity index (χ3v) is 9.46. The van der Waals surface area contributed by atoms with E-state index in [9.17, 15) is 0 Å². The molecule has 8 rings (SSSR count). The van der Waals surface area contributed by atoms with Gasteiger partial charge in [0.1, 0.15) is 5.82 Å². The highest BCUT2D eigenvalue weighted by Crippen LogP contribution is 2.40. The molecule has 0 radical (unpaired) electrons. The summed E-state index contributed by atoms with van der Waals surface area (Å²) in [5.41, 5.74) is 10.8. The van der Waals surface area contributed by atoms with Crippen molar-refractivity contribution in [3.05, 3.63) is 174 Å². The number of rotatable bonds is 7. The molecular formula is C43H37N5. The summed E-state index contributed by atoms with van der Waals surface area (Å²) in [5.74, 6) is 0.901. The minimum atomic E-state index is -0.191. The monoisotopic (exact) mass is 623 g/mol. The van der Waals surface area contributed by atoms with Crippen LogP contribution in [0.4, 0.5) is 17.1 Å². The van der Waals surface area contributed by atoms with Gasteiger partial charge in [-0.2, -0.15) is 5.10 Å². The minimum absolute atomic E-state index is 0.191. The van der Waals surface area contributed by atoms with Crippen LogP contribution in [0.25, 0.3) is 33.3 Å². The lowest BCUT2D eigenvalue weighted by molar-refractivity contribution is 0.639. The Hall–Kier alpha value is -5.94. The number of para-hydroxylation sites is 2. The summed E-state index contributed by atoms with van der Waals surface area (Å²) >= 11 is 0. The van der Waals surface area contributed by atoms with Crippen molar-refractivity contribution in [3.63, 3.8) is 0 Å². The number of fused-ring (bicyclic) bond motifs is 3. The van der Waals surface area contributed by atoms with E-state index in [4.69, 9.17) is 10.1 Å². The Labute approximate surface area is 281 Å². The van der Waals surface area contributed by atoms with Gasteiger partial charge in [-0.05, 0) is 91.7 Å². The Balaban J connectivity index is 1.32. The first-order valence-corrected chi connectivity index (χ1v) is 16.4. The van der Waals surface area contributed by atoms with E-state index >= 15 is 0 Å². The SMILES string of the molecule is Cc1cc(C)n(-c2cccc(N(c3ccccc3)c3ccc4c5ccccc5n(-c5cc(C(C)(C)c6ccccc6)ccn5)c4c3)c2)n1. The van der Waals surface area contributed by atoms with Crippen LogP contribution in [0.3, 0.4) is 0 Å². The predicted molar refractivity (Wildman–Crippen MR) is 198 cm³/mol. The number of hydrogen-bond acceptors (Lipinski definition) is 3. The van der Waals surface area contributed by atoms with Gasteiger partial charge in [0.05, 0.1) is 22.4 Å². The molecule has 0 atom stereocenters. The molecule has 5 aromatic carbocycles. The number of aromatic nitrogens is 4. The van der Waals surface area contributed by atoms with Crippen LogP contribution in [-0.2, 0) is 5.41 Å². The standard InChI is InChI=1S/C43H37N5/c1-30-26-31(2)48(45-30)37-19-13-18-35(28-37)46(34-16-9-6-10-17-34)36-22-23-39-38-20-11-12-21-40(38)47(41(39)29-36)42-27-33(24-25-44-42)43(3,4)32-14-7-5-8-15-32/h5-29H,1-4H3. The number of benzene rings is 5. The molecule has 0 aliphatic rings. The average molecular weight is 624 g/mol. The summed E-state index contributed by atoms with van der Waals surface area (Å²) in [6, 6.07) is 51.8. The average Bonchev–Trinajstić information content (AvgIpc) is 3.64. The van der Waals surface area contributed by atoms with Crippen molar-refractivity contribution < 1.29 is 0 Å². The first-order chi connectivity index (χ1) is 23.4. The van der Waals surface area contributed by atoms with Crippen molar-refractivity contribution in [1.29, 1.82) is 0 Å². The number of aryl methyl sites for hydroxylation is 2. The van der Waals surface area contributed by atoms with E-state index in [0.717, 1.165) is 51.0 Å². The van der Waals surface area contributed by atoms with E-state index in [1.807, 2.05) is 17.8 Å². The van der Waals surface area contributed by atoms with E-state index in [0.29, 0.717) is 0 Å². The largest absolute Gasteiger partial charge is 0.310 e. The molecule has 0 aliphatic carbocycles. The smallest absolute Gasteiger partial charge is 0.137 e. The van der Waals surface area contributed by atoms with Crippen molar-refractivity contribution in [2.45, 2.75) is 33.1 Å². The Morgan fingerprint density at radius 1 is 0.562 bits per heavy atom. The van der Waals surface area contributed by atoms with Gasteiger partial charge in [-0.3, -0.25) is 4.57 Å². The molecule has 48 heavy (non-hydrogen) atoms. The van der Waals surface area contributed by atoms with Gasteiger partial charge in [0.15, 0.2) is 0 Å². The maximum Gasteiger partial charge on any atom is 0.137 e. The second-order valence-electron chi connectivity index (χ2n) is 13.0. The van der Waals surface area contributed by atoms with Gasteiger partial charge in [0, 0.05) is 45.1 Å². The molecule has 0 saturated heterocycles. The molecule has 0 unspecified atom stereocenters. The number of nitrogens with zero attached hydrogens (tertiary/aromatic N) is 5. The van der Waals surface area contributed by atoms with Crippen molar-refractivity contribution in [3.8, 4) is 11.5 Å². The fraction of sp³-hybridized carbons (Fsp3) is 0.116. The highest BCUT2D eigenvalue weighted by atomic mass is 15.3. The Bertz CT molecular complexity index is 2400. The summed E-state index contributed by atoms with van der Waals surface area (Å²) in [6.45, 7) is 8.69. The molecule has 3 heterocycles. The molecule has 5 heteroatoms. The van der Waals surface area contributed by atoms with E-state index < -0.39 is 0 Å². The van der Waals surface area contributed by atoms with Gasteiger partial charge in [-0.15, -0.1) is 0 Å². The van der Waals surface area contributed by atoms with Gasteiger partial charge in [0.2, 0.25) is 0 Å². The van der Waals surface area contributed by atoms with E-state index in [2.05, 4.69) is 176 Å². The second kappa shape index (κ2) is 11.7. The van der Waals surface area contributed by atoms with Crippen LogP contribution in [0.5, 0.6) is 0 Å². The summed E-state index contributed by atoms with van der Waals surface area (Å²) < 4.78 is 4.33. The summed E-state index contributed by atoms with van der Waals surface area (Å²) in [6.07, 6.45) is 1.95. The predicted octanol–water partition coefficient (Wildman–Crippen LogP) is 10.8. The van der Waals surface area contributed by atoms with Crippen LogP contribution in [0, 0.1) is 13.8 Å². The quantitative estimate of drug-likeness (QED) is 0.177. The second-order valence-corrected chi connectivity index (χ2v) is 13.0. The fourth-order valence-electron chi connectivity index (χ4n) is 6.97. The Morgan fingerprint density at radius 3 is 2.02 bits per heavy atom. The minimum Gasteiger partial charge on any atom is -0.310 e. The lowest BCUT2D eigenvalue weighted by Crippen LogP contribution is -2.19. The van der Waals surface area contributed by atoms with E-state index in [1.165, 1.54) is 21.9 Å². The zero-order chi connectivity index (χ0) is 32.8. The van der Waals surface area contributed by atoms with Gasteiger partial charge in [0.25, 0.3) is 0 Å². The number of pyridine rings is 1. The maximum atomic E-state index is 4.98. The highest BCUT2D eigenvalue weighted by Gasteiger charge is 2.25. The maximum absolute atomic E-state index is 4.98. The Kier molecular flexibility index (Phi) is 7.18. The molecule has 0 saturated carbocycles. The normalized spacial score (nSPS) is 11.8. The van der Waals surface area contributed by atoms with E-state index in [1.54, 1.807) is 0 Å². The summed E-state index contributed by atoms with van der Waals surface area (Å²) in [5, 5.41) is 7.16. The van der Waals surface area contributed by atoms with Crippen LogP contribution in [0.15, 0.2) is 152 Å². The van der Waals surface area contributed by atoms with Gasteiger partial charge in [-0.1, -0.05) is 92.7 Å². The zero-order valence-corrected chi connectivity index (χ0v) is 27.7. The molecule has 0 aliphatic heterocycles. The molecule has 0 spiro atoms. The lowest BCUT2D eigenvalue weighted by atomic mass is 9.78. The molecule has 8 aromatic rings. The third kappa shape index (κ3) is 5.05. The molecule has 0 bridgehead atoms. The van der Waals surface area contributed by atoms with Crippen LogP contribution in [0.2, 0.25) is 0 Å². The lowest BCUT2D eigenvalue weighted by Gasteiger charge is -2.27. The van der Waals surface area contributed by atoms with Crippen LogP contribution in [-0.4, -0.2) is 19.3 Å². The molecule has 5 nitrogen and oxygen atoms in total. The van der Waals surface area contributed by atoms with Crippen molar-refractivity contribution in [2.75, 3.05) is 4.90 Å².